The van der Waals surface area contributed by atoms with Crippen molar-refractivity contribution in [2.75, 3.05) is 27.3 Å². The minimum absolute atomic E-state index is 0.202. The molecule has 0 aliphatic rings. The summed E-state index contributed by atoms with van der Waals surface area (Å²) in [6, 6.07) is 8.07. The van der Waals surface area contributed by atoms with E-state index in [1.165, 1.54) is 14.2 Å². The summed E-state index contributed by atoms with van der Waals surface area (Å²) < 4.78 is 15.9. The highest BCUT2D eigenvalue weighted by molar-refractivity contribution is 9.10. The van der Waals surface area contributed by atoms with Crippen molar-refractivity contribution >= 4 is 27.7 Å². The summed E-state index contributed by atoms with van der Waals surface area (Å²) in [5.74, 6) is 0.605. The Morgan fingerprint density at radius 1 is 1.00 bits per heavy atom. The Kier molecular flexibility index (Phi) is 6.25. The van der Waals surface area contributed by atoms with Crippen molar-refractivity contribution in [1.82, 2.24) is 10.6 Å². The van der Waals surface area contributed by atoms with Crippen LogP contribution in [0.4, 0.5) is 0 Å². The highest BCUT2D eigenvalue weighted by atomic mass is 79.9. The molecular formula is C16H17BrN2O5. The topological polar surface area (TPSA) is 89.8 Å². The predicted octanol–water partition coefficient (Wildman–Crippen LogP) is 2.22. The first-order chi connectivity index (χ1) is 11.5. The van der Waals surface area contributed by atoms with Gasteiger partial charge < -0.3 is 24.5 Å². The van der Waals surface area contributed by atoms with Crippen LogP contribution in [0.25, 0.3) is 0 Å². The van der Waals surface area contributed by atoms with Crippen LogP contribution >= 0.6 is 15.9 Å². The first-order valence-electron chi connectivity index (χ1n) is 7.09. The zero-order valence-corrected chi connectivity index (χ0v) is 14.8. The van der Waals surface area contributed by atoms with E-state index < -0.39 is 0 Å². The lowest BCUT2D eigenvalue weighted by molar-refractivity contribution is 0.0909. The molecular weight excluding hydrogens is 380 g/mol. The third-order valence-electron chi connectivity index (χ3n) is 3.14. The Labute approximate surface area is 147 Å². The van der Waals surface area contributed by atoms with E-state index in [2.05, 4.69) is 26.6 Å². The lowest BCUT2D eigenvalue weighted by atomic mass is 10.2. The second-order valence-electron chi connectivity index (χ2n) is 4.69. The van der Waals surface area contributed by atoms with Crippen LogP contribution in [0.1, 0.15) is 20.9 Å². The van der Waals surface area contributed by atoms with Crippen LogP contribution in [-0.4, -0.2) is 39.1 Å². The van der Waals surface area contributed by atoms with Crippen molar-refractivity contribution < 1.29 is 23.5 Å². The maximum Gasteiger partial charge on any atom is 0.287 e. The van der Waals surface area contributed by atoms with E-state index in [-0.39, 0.29) is 30.7 Å². The van der Waals surface area contributed by atoms with Gasteiger partial charge in [0.15, 0.2) is 21.9 Å². The molecule has 1 aromatic carbocycles. The third kappa shape index (κ3) is 4.51. The van der Waals surface area contributed by atoms with Gasteiger partial charge in [0.2, 0.25) is 0 Å². The number of benzene rings is 1. The fraction of sp³-hybridized carbons (Fsp3) is 0.250. The van der Waals surface area contributed by atoms with Crippen LogP contribution < -0.4 is 20.1 Å². The van der Waals surface area contributed by atoms with Gasteiger partial charge in [-0.25, -0.2) is 0 Å². The number of halogens is 1. The Morgan fingerprint density at radius 2 is 1.67 bits per heavy atom. The molecule has 0 aliphatic carbocycles. The molecule has 0 bridgehead atoms. The Morgan fingerprint density at radius 3 is 2.25 bits per heavy atom. The molecule has 1 heterocycles. The molecule has 2 amide bonds. The molecule has 1 aromatic heterocycles. The number of carbonyl (C=O) groups is 2. The van der Waals surface area contributed by atoms with Gasteiger partial charge >= 0.3 is 0 Å². The van der Waals surface area contributed by atoms with Crippen molar-refractivity contribution in [2.45, 2.75) is 0 Å². The largest absolute Gasteiger partial charge is 0.493 e. The average Bonchev–Trinajstić information content (AvgIpc) is 3.04. The fourth-order valence-electron chi connectivity index (χ4n) is 1.96. The molecule has 0 saturated heterocycles. The van der Waals surface area contributed by atoms with Gasteiger partial charge in [-0.1, -0.05) is 0 Å². The Balaban J connectivity index is 1.82. The van der Waals surface area contributed by atoms with Crippen LogP contribution in [0, 0.1) is 0 Å². The highest BCUT2D eigenvalue weighted by Crippen LogP contribution is 2.27. The van der Waals surface area contributed by atoms with Crippen LogP contribution in [0.15, 0.2) is 39.4 Å². The quantitative estimate of drug-likeness (QED) is 0.700. The summed E-state index contributed by atoms with van der Waals surface area (Å²) in [6.45, 7) is 0.553. The summed E-state index contributed by atoms with van der Waals surface area (Å²) >= 11 is 3.13. The van der Waals surface area contributed by atoms with Crippen molar-refractivity contribution in [1.29, 1.82) is 0 Å². The number of hydrogen-bond donors (Lipinski definition) is 2. The molecule has 8 heteroatoms. The maximum absolute atomic E-state index is 12.1. The standard InChI is InChI=1S/C16H17BrN2O5/c1-22-11-4-3-10(9-13(11)23-2)15(20)18-7-8-19-16(21)12-5-6-14(17)24-12/h3-6,9H,7-8H2,1-2H3,(H,18,20)(H,19,21). The first kappa shape index (κ1) is 17.9. The second kappa shape index (κ2) is 8.39. The number of rotatable bonds is 7. The third-order valence-corrected chi connectivity index (χ3v) is 3.57. The van der Waals surface area contributed by atoms with Gasteiger partial charge in [-0.15, -0.1) is 0 Å². The number of methoxy groups -OCH3 is 2. The van der Waals surface area contributed by atoms with Crippen molar-refractivity contribution in [2.24, 2.45) is 0 Å². The second-order valence-corrected chi connectivity index (χ2v) is 5.47. The predicted molar refractivity (Wildman–Crippen MR) is 90.6 cm³/mol. The minimum Gasteiger partial charge on any atom is -0.493 e. The van der Waals surface area contributed by atoms with Gasteiger partial charge in [-0.05, 0) is 46.3 Å². The number of amides is 2. The summed E-state index contributed by atoms with van der Waals surface area (Å²) in [5.41, 5.74) is 0.439. The van der Waals surface area contributed by atoms with Gasteiger partial charge in [0.05, 0.1) is 14.2 Å². The zero-order chi connectivity index (χ0) is 17.5. The molecule has 2 rings (SSSR count). The summed E-state index contributed by atoms with van der Waals surface area (Å²) in [7, 11) is 3.03. The zero-order valence-electron chi connectivity index (χ0n) is 13.2. The molecule has 0 aliphatic heterocycles. The lowest BCUT2D eigenvalue weighted by Crippen LogP contribution is -2.34. The molecule has 0 radical (unpaired) electrons. The fourth-order valence-corrected chi connectivity index (χ4v) is 2.26. The van der Waals surface area contributed by atoms with E-state index in [1.54, 1.807) is 30.3 Å². The van der Waals surface area contributed by atoms with Crippen LogP contribution in [0.3, 0.4) is 0 Å². The van der Waals surface area contributed by atoms with Gasteiger partial charge in [0.1, 0.15) is 0 Å². The molecule has 2 aromatic rings. The van der Waals surface area contributed by atoms with E-state index in [4.69, 9.17) is 13.9 Å². The Bertz CT molecular complexity index is 729. The number of hydrogen-bond acceptors (Lipinski definition) is 5. The lowest BCUT2D eigenvalue weighted by Gasteiger charge is -2.10. The number of nitrogens with one attached hydrogen (secondary N) is 2. The maximum atomic E-state index is 12.1. The molecule has 0 fully saturated rings. The van der Waals surface area contributed by atoms with E-state index in [9.17, 15) is 9.59 Å². The molecule has 0 saturated carbocycles. The van der Waals surface area contributed by atoms with Crippen LogP contribution in [0.2, 0.25) is 0 Å². The van der Waals surface area contributed by atoms with Gasteiger partial charge in [-0.2, -0.15) is 0 Å². The Hall–Kier alpha value is -2.48. The van der Waals surface area contributed by atoms with Crippen molar-refractivity contribution in [3.05, 3.63) is 46.3 Å². The molecule has 128 valence electrons. The molecule has 24 heavy (non-hydrogen) atoms. The van der Waals surface area contributed by atoms with E-state index in [0.717, 1.165) is 0 Å². The van der Waals surface area contributed by atoms with Gasteiger partial charge in [0.25, 0.3) is 11.8 Å². The minimum atomic E-state index is -0.346. The first-order valence-corrected chi connectivity index (χ1v) is 7.88. The summed E-state index contributed by atoms with van der Waals surface area (Å²) in [6.07, 6.45) is 0. The van der Waals surface area contributed by atoms with E-state index >= 15 is 0 Å². The van der Waals surface area contributed by atoms with Gasteiger partial charge in [-0.3, -0.25) is 9.59 Å². The van der Waals surface area contributed by atoms with E-state index in [0.29, 0.717) is 21.7 Å². The van der Waals surface area contributed by atoms with E-state index in [1.807, 2.05) is 0 Å². The monoisotopic (exact) mass is 396 g/mol. The SMILES string of the molecule is COc1ccc(C(=O)NCCNC(=O)c2ccc(Br)o2)cc1OC. The van der Waals surface area contributed by atoms with Crippen molar-refractivity contribution in [3.63, 3.8) is 0 Å². The highest BCUT2D eigenvalue weighted by Gasteiger charge is 2.12. The molecule has 0 spiro atoms. The van der Waals surface area contributed by atoms with Crippen LogP contribution in [0.5, 0.6) is 11.5 Å². The number of furan rings is 1. The normalized spacial score (nSPS) is 10.1. The van der Waals surface area contributed by atoms with Crippen molar-refractivity contribution in [3.8, 4) is 11.5 Å². The summed E-state index contributed by atoms with van der Waals surface area (Å²) in [5, 5.41) is 5.36. The van der Waals surface area contributed by atoms with Crippen LogP contribution in [-0.2, 0) is 0 Å². The molecule has 7 nitrogen and oxygen atoms in total. The molecule has 0 atom stereocenters. The average molecular weight is 397 g/mol. The number of ether oxygens (including phenoxy) is 2. The smallest absolute Gasteiger partial charge is 0.287 e. The molecule has 0 unspecified atom stereocenters. The summed E-state index contributed by atoms with van der Waals surface area (Å²) in [4.78, 5) is 23.8. The number of carbonyl (C=O) groups excluding carboxylic acids is 2. The van der Waals surface area contributed by atoms with Gasteiger partial charge in [0, 0.05) is 18.7 Å². The molecule has 2 N–H and O–H groups in total.